The molecule has 2 aliphatic rings. The topological polar surface area (TPSA) is 75.8 Å². The monoisotopic (exact) mass is 627 g/mol. The average Bonchev–Trinajstić information content (AvgIpc) is 3.26. The molecule has 3 aromatic carbocycles. The van der Waals surface area contributed by atoms with Gasteiger partial charge in [-0.3, -0.25) is 14.9 Å². The highest BCUT2D eigenvalue weighted by Gasteiger charge is 2.44. The number of nitro groups is 1. The molecule has 0 unspecified atom stereocenters. The van der Waals surface area contributed by atoms with Crippen molar-refractivity contribution in [2.24, 2.45) is 11.0 Å². The fourth-order valence-electron chi connectivity index (χ4n) is 4.84. The third kappa shape index (κ3) is 4.90. The van der Waals surface area contributed by atoms with Crippen molar-refractivity contribution in [3.05, 3.63) is 113 Å². The van der Waals surface area contributed by atoms with Gasteiger partial charge in [-0.05, 0) is 72.4 Å². The van der Waals surface area contributed by atoms with Crippen LogP contribution in [0.5, 0.6) is 0 Å². The maximum Gasteiger partial charge on any atom is 0.276 e. The van der Waals surface area contributed by atoms with Crippen LogP contribution in [-0.4, -0.2) is 21.6 Å². The number of hydrogen-bond acceptors (Lipinski definition) is 4. The van der Waals surface area contributed by atoms with E-state index >= 15 is 0 Å². The maximum absolute atomic E-state index is 13.8. The lowest BCUT2D eigenvalue weighted by Gasteiger charge is -2.29. The molecular weight excluding hydrogens is 610 g/mol. The summed E-state index contributed by atoms with van der Waals surface area (Å²) in [5.41, 5.74) is 3.85. The SMILES string of the molecule is O=C(c1cc([N+](=O)[O-])ccc1Cl)N1N=C2/C(=C/c3ccc(Br)cc3)CCC[C@@H]2[C@@H]1c1ccc(Br)cc1. The molecule has 2 atom stereocenters. The zero-order valence-electron chi connectivity index (χ0n) is 18.9. The molecule has 1 saturated carbocycles. The molecule has 0 aromatic heterocycles. The van der Waals surface area contributed by atoms with Crippen molar-refractivity contribution in [2.45, 2.75) is 25.3 Å². The lowest BCUT2D eigenvalue weighted by atomic mass is 9.77. The minimum Gasteiger partial charge on any atom is -0.267 e. The third-order valence-corrected chi connectivity index (χ3v) is 7.91. The first-order chi connectivity index (χ1) is 17.3. The first-order valence-electron chi connectivity index (χ1n) is 11.4. The van der Waals surface area contributed by atoms with Gasteiger partial charge in [-0.1, -0.05) is 67.7 Å². The normalized spacial score (nSPS) is 20.2. The highest BCUT2D eigenvalue weighted by atomic mass is 79.9. The Kier molecular flexibility index (Phi) is 7.10. The van der Waals surface area contributed by atoms with Crippen LogP contribution in [0.25, 0.3) is 6.08 Å². The van der Waals surface area contributed by atoms with Crippen molar-refractivity contribution in [3.63, 3.8) is 0 Å². The number of benzene rings is 3. The number of nitrogens with zero attached hydrogens (tertiary/aromatic N) is 3. The van der Waals surface area contributed by atoms with Gasteiger partial charge in [0.25, 0.3) is 11.6 Å². The molecule has 36 heavy (non-hydrogen) atoms. The average molecular weight is 630 g/mol. The van der Waals surface area contributed by atoms with Crippen molar-refractivity contribution in [1.29, 1.82) is 0 Å². The summed E-state index contributed by atoms with van der Waals surface area (Å²) >= 11 is 13.3. The van der Waals surface area contributed by atoms with Gasteiger partial charge in [-0.25, -0.2) is 5.01 Å². The number of rotatable bonds is 4. The minimum atomic E-state index is -0.534. The Labute approximate surface area is 230 Å². The molecule has 0 radical (unpaired) electrons. The van der Waals surface area contributed by atoms with E-state index in [2.05, 4.69) is 37.9 Å². The van der Waals surface area contributed by atoms with Crippen LogP contribution in [0.15, 0.2) is 86.3 Å². The van der Waals surface area contributed by atoms with Gasteiger partial charge in [0.1, 0.15) is 0 Å². The van der Waals surface area contributed by atoms with Crippen LogP contribution in [0, 0.1) is 16.0 Å². The van der Waals surface area contributed by atoms with Crippen LogP contribution in [0.1, 0.15) is 46.8 Å². The molecule has 0 bridgehead atoms. The van der Waals surface area contributed by atoms with E-state index in [0.717, 1.165) is 50.6 Å². The van der Waals surface area contributed by atoms with Gasteiger partial charge in [0.05, 0.1) is 27.3 Å². The predicted molar refractivity (Wildman–Crippen MR) is 148 cm³/mol. The number of non-ortho nitro benzene ring substituents is 1. The lowest BCUT2D eigenvalue weighted by molar-refractivity contribution is -0.384. The molecular formula is C27H20Br2ClN3O3. The summed E-state index contributed by atoms with van der Waals surface area (Å²) in [5.74, 6) is -0.454. The number of carbonyl (C=O) groups is 1. The number of nitro benzene ring substituents is 1. The summed E-state index contributed by atoms with van der Waals surface area (Å²) in [6.45, 7) is 0. The lowest BCUT2D eigenvalue weighted by Crippen LogP contribution is -2.32. The summed E-state index contributed by atoms with van der Waals surface area (Å²) in [6, 6.07) is 19.5. The molecule has 1 fully saturated rings. The first-order valence-corrected chi connectivity index (χ1v) is 13.4. The number of allylic oxidation sites excluding steroid dienone is 1. The molecule has 1 heterocycles. The molecule has 1 aliphatic heterocycles. The summed E-state index contributed by atoms with van der Waals surface area (Å²) in [6.07, 6.45) is 4.84. The number of fused-ring (bicyclic) bond motifs is 1. The van der Waals surface area contributed by atoms with E-state index in [4.69, 9.17) is 16.7 Å². The van der Waals surface area contributed by atoms with Gasteiger partial charge in [-0.2, -0.15) is 5.10 Å². The van der Waals surface area contributed by atoms with Crippen LogP contribution < -0.4 is 0 Å². The Bertz CT molecular complexity index is 1400. The van der Waals surface area contributed by atoms with E-state index in [1.54, 1.807) is 0 Å². The third-order valence-electron chi connectivity index (χ3n) is 6.52. The number of amides is 1. The molecule has 5 rings (SSSR count). The smallest absolute Gasteiger partial charge is 0.267 e. The Hall–Kier alpha value is -2.81. The fraction of sp³-hybridized carbons (Fsp3) is 0.185. The second kappa shape index (κ2) is 10.3. The van der Waals surface area contributed by atoms with Crippen LogP contribution in [-0.2, 0) is 0 Å². The second-order valence-corrected chi connectivity index (χ2v) is 11.0. The summed E-state index contributed by atoms with van der Waals surface area (Å²) in [4.78, 5) is 24.6. The Morgan fingerprint density at radius 3 is 2.39 bits per heavy atom. The van der Waals surface area contributed by atoms with Gasteiger partial charge in [0.15, 0.2) is 0 Å². The zero-order chi connectivity index (χ0) is 25.4. The van der Waals surface area contributed by atoms with Gasteiger partial charge >= 0.3 is 0 Å². The van der Waals surface area contributed by atoms with Gasteiger partial charge in [0, 0.05) is 27.0 Å². The van der Waals surface area contributed by atoms with Crippen LogP contribution in [0.3, 0.4) is 0 Å². The van der Waals surface area contributed by atoms with E-state index in [1.807, 2.05) is 48.5 Å². The molecule has 1 aliphatic carbocycles. The van der Waals surface area contributed by atoms with E-state index in [-0.39, 0.29) is 28.2 Å². The molecule has 0 spiro atoms. The summed E-state index contributed by atoms with van der Waals surface area (Å²) < 4.78 is 1.94. The van der Waals surface area contributed by atoms with Crippen molar-refractivity contribution in [2.75, 3.05) is 0 Å². The molecule has 6 nitrogen and oxygen atoms in total. The Balaban J connectivity index is 1.60. The van der Waals surface area contributed by atoms with Crippen LogP contribution in [0.4, 0.5) is 5.69 Å². The van der Waals surface area contributed by atoms with Crippen LogP contribution >= 0.6 is 43.5 Å². The summed E-state index contributed by atoms with van der Waals surface area (Å²) in [5, 5.41) is 17.8. The van der Waals surface area contributed by atoms with E-state index in [1.165, 1.54) is 23.2 Å². The quantitative estimate of drug-likeness (QED) is 0.216. The van der Waals surface area contributed by atoms with Crippen LogP contribution in [0.2, 0.25) is 5.02 Å². The standard InChI is InChI=1S/C27H20Br2ClN3O3/c28-19-8-4-16(5-9-19)14-18-2-1-3-22-25(18)31-32(26(22)17-6-10-20(29)11-7-17)27(34)23-15-21(33(35)36)12-13-24(23)30/h4-15,22,26H,1-3H2/b18-14+/t22-,26-/m0/s1. The molecule has 9 heteroatoms. The van der Waals surface area contributed by atoms with E-state index in [9.17, 15) is 14.9 Å². The maximum atomic E-state index is 13.8. The molecule has 1 amide bonds. The van der Waals surface area contributed by atoms with Gasteiger partial charge in [-0.15, -0.1) is 0 Å². The highest BCUT2D eigenvalue weighted by Crippen LogP contribution is 2.45. The Morgan fingerprint density at radius 2 is 1.72 bits per heavy atom. The molecule has 3 aromatic rings. The van der Waals surface area contributed by atoms with Crippen molar-refractivity contribution >= 4 is 66.8 Å². The van der Waals surface area contributed by atoms with Crippen molar-refractivity contribution < 1.29 is 9.72 Å². The fourth-order valence-corrected chi connectivity index (χ4v) is 5.56. The Morgan fingerprint density at radius 1 is 1.06 bits per heavy atom. The molecule has 0 saturated heterocycles. The predicted octanol–water partition coefficient (Wildman–Crippen LogP) is 8.21. The number of hydrogen-bond donors (Lipinski definition) is 0. The molecule has 0 N–H and O–H groups in total. The van der Waals surface area contributed by atoms with Gasteiger partial charge in [0.2, 0.25) is 0 Å². The van der Waals surface area contributed by atoms with Crippen molar-refractivity contribution in [1.82, 2.24) is 5.01 Å². The number of carbonyl (C=O) groups excluding carboxylic acids is 1. The first kappa shape index (κ1) is 24.9. The highest BCUT2D eigenvalue weighted by molar-refractivity contribution is 9.10. The van der Waals surface area contributed by atoms with Crippen molar-refractivity contribution in [3.8, 4) is 0 Å². The molecule has 182 valence electrons. The largest absolute Gasteiger partial charge is 0.276 e. The number of hydrazone groups is 1. The minimum absolute atomic E-state index is 0.00282. The number of halogens is 3. The summed E-state index contributed by atoms with van der Waals surface area (Å²) in [7, 11) is 0. The van der Waals surface area contributed by atoms with Gasteiger partial charge < -0.3 is 0 Å². The zero-order valence-corrected chi connectivity index (χ0v) is 22.8. The van der Waals surface area contributed by atoms with E-state index < -0.39 is 10.8 Å². The van der Waals surface area contributed by atoms with E-state index in [0.29, 0.717) is 0 Å². The second-order valence-electron chi connectivity index (χ2n) is 8.77.